The molecule has 0 radical (unpaired) electrons. The Morgan fingerprint density at radius 3 is 2.32 bits per heavy atom. The average Bonchev–Trinajstić information content (AvgIpc) is 2.67. The van der Waals surface area contributed by atoms with Crippen LogP contribution in [-0.2, 0) is 4.79 Å². The van der Waals surface area contributed by atoms with Gasteiger partial charge in [0.2, 0.25) is 5.91 Å². The number of likely N-dealkylation sites (tertiary alicyclic amines) is 1. The van der Waals surface area contributed by atoms with E-state index < -0.39 is 12.0 Å². The van der Waals surface area contributed by atoms with E-state index in [2.05, 4.69) is 0 Å². The van der Waals surface area contributed by atoms with Crippen LogP contribution in [0.2, 0.25) is 0 Å². The molecule has 1 amide bonds. The molecule has 2 aromatic carbocycles. The van der Waals surface area contributed by atoms with E-state index in [0.717, 1.165) is 18.4 Å². The van der Waals surface area contributed by atoms with Crippen LogP contribution in [0.15, 0.2) is 54.6 Å². The second-order valence-electron chi connectivity index (χ2n) is 6.76. The molecule has 0 aliphatic carbocycles. The maximum absolute atomic E-state index is 13.9. The summed E-state index contributed by atoms with van der Waals surface area (Å²) in [6, 6.07) is 16.1. The monoisotopic (exact) mass is 341 g/mol. The highest BCUT2D eigenvalue weighted by atomic mass is 19.1. The molecule has 0 saturated carbocycles. The first-order valence-corrected chi connectivity index (χ1v) is 8.84. The molecule has 132 valence electrons. The average molecular weight is 341 g/mol. The fraction of sp³-hybridized carbons (Fsp3) is 0.381. The number of piperidine rings is 1. The Morgan fingerprint density at radius 2 is 1.68 bits per heavy atom. The number of carbonyl (C=O) groups is 1. The summed E-state index contributed by atoms with van der Waals surface area (Å²) in [5, 5.41) is 10.5. The minimum Gasteiger partial charge on any atom is -0.388 e. The van der Waals surface area contributed by atoms with Crippen molar-refractivity contribution in [3.05, 3.63) is 71.5 Å². The van der Waals surface area contributed by atoms with Gasteiger partial charge in [-0.25, -0.2) is 4.39 Å². The number of amides is 1. The van der Waals surface area contributed by atoms with Crippen molar-refractivity contribution in [3.63, 3.8) is 0 Å². The van der Waals surface area contributed by atoms with Crippen LogP contribution >= 0.6 is 0 Å². The lowest BCUT2D eigenvalue weighted by Gasteiger charge is -2.35. The van der Waals surface area contributed by atoms with Gasteiger partial charge in [-0.2, -0.15) is 0 Å². The highest BCUT2D eigenvalue weighted by molar-refractivity contribution is 5.83. The lowest BCUT2D eigenvalue weighted by molar-refractivity contribution is -0.134. The molecule has 4 heteroatoms. The predicted molar refractivity (Wildman–Crippen MR) is 95.5 cm³/mol. The first-order chi connectivity index (χ1) is 12.1. The maximum Gasteiger partial charge on any atom is 0.229 e. The van der Waals surface area contributed by atoms with Gasteiger partial charge in [-0.3, -0.25) is 4.79 Å². The van der Waals surface area contributed by atoms with Crippen molar-refractivity contribution >= 4 is 5.91 Å². The zero-order valence-corrected chi connectivity index (χ0v) is 14.4. The van der Waals surface area contributed by atoms with Gasteiger partial charge < -0.3 is 10.0 Å². The number of carbonyl (C=O) groups excluding carboxylic acids is 1. The SMILES string of the molecule is CC(C(=O)N1CCC(C(O)c2ccccc2)CC1)c1ccccc1F. The van der Waals surface area contributed by atoms with Crippen molar-refractivity contribution in [1.29, 1.82) is 0 Å². The summed E-state index contributed by atoms with van der Waals surface area (Å²) in [6.07, 6.45) is 1.01. The van der Waals surface area contributed by atoms with Crippen molar-refractivity contribution in [3.8, 4) is 0 Å². The van der Waals surface area contributed by atoms with E-state index in [-0.39, 0.29) is 17.6 Å². The molecule has 0 spiro atoms. The zero-order valence-electron chi connectivity index (χ0n) is 14.4. The van der Waals surface area contributed by atoms with Crippen LogP contribution in [0, 0.1) is 11.7 Å². The molecule has 1 N–H and O–H groups in total. The number of rotatable bonds is 4. The Morgan fingerprint density at radius 1 is 1.08 bits per heavy atom. The number of benzene rings is 2. The molecule has 3 nitrogen and oxygen atoms in total. The van der Waals surface area contributed by atoms with Gasteiger partial charge in [0, 0.05) is 13.1 Å². The van der Waals surface area contributed by atoms with E-state index in [1.807, 2.05) is 30.3 Å². The Labute approximate surface area is 148 Å². The van der Waals surface area contributed by atoms with Gasteiger partial charge in [0.25, 0.3) is 0 Å². The van der Waals surface area contributed by atoms with Gasteiger partial charge in [-0.15, -0.1) is 0 Å². The van der Waals surface area contributed by atoms with Crippen LogP contribution in [0.1, 0.15) is 42.9 Å². The first-order valence-electron chi connectivity index (χ1n) is 8.84. The Bertz CT molecular complexity index is 711. The topological polar surface area (TPSA) is 40.5 Å². The summed E-state index contributed by atoms with van der Waals surface area (Å²) in [6.45, 7) is 2.96. The van der Waals surface area contributed by atoms with E-state index in [1.54, 1.807) is 30.0 Å². The fourth-order valence-electron chi connectivity index (χ4n) is 3.59. The third-order valence-corrected chi connectivity index (χ3v) is 5.18. The van der Waals surface area contributed by atoms with E-state index in [4.69, 9.17) is 0 Å². The van der Waals surface area contributed by atoms with Crippen molar-refractivity contribution in [2.24, 2.45) is 5.92 Å². The molecule has 3 rings (SSSR count). The molecule has 2 aromatic rings. The molecule has 1 aliphatic rings. The highest BCUT2D eigenvalue weighted by Gasteiger charge is 2.31. The van der Waals surface area contributed by atoms with Crippen molar-refractivity contribution < 1.29 is 14.3 Å². The molecule has 25 heavy (non-hydrogen) atoms. The van der Waals surface area contributed by atoms with Gasteiger partial charge in [-0.1, -0.05) is 48.5 Å². The van der Waals surface area contributed by atoms with Crippen LogP contribution < -0.4 is 0 Å². The van der Waals surface area contributed by atoms with E-state index >= 15 is 0 Å². The summed E-state index contributed by atoms with van der Waals surface area (Å²) in [4.78, 5) is 14.5. The molecular weight excluding hydrogens is 317 g/mol. The molecule has 0 bridgehead atoms. The number of nitrogens with zero attached hydrogens (tertiary/aromatic N) is 1. The largest absolute Gasteiger partial charge is 0.388 e. The smallest absolute Gasteiger partial charge is 0.229 e. The first kappa shape index (κ1) is 17.6. The predicted octanol–water partition coefficient (Wildman–Crippen LogP) is 3.90. The van der Waals surface area contributed by atoms with Crippen LogP contribution in [0.3, 0.4) is 0 Å². The Hall–Kier alpha value is -2.20. The second kappa shape index (κ2) is 7.79. The van der Waals surface area contributed by atoms with Crippen molar-refractivity contribution in [1.82, 2.24) is 4.90 Å². The quantitative estimate of drug-likeness (QED) is 0.916. The number of halogens is 1. The highest BCUT2D eigenvalue weighted by Crippen LogP contribution is 2.32. The second-order valence-corrected chi connectivity index (χ2v) is 6.76. The van der Waals surface area contributed by atoms with Crippen LogP contribution in [-0.4, -0.2) is 29.0 Å². The molecule has 1 heterocycles. The van der Waals surface area contributed by atoms with E-state index in [1.165, 1.54) is 6.07 Å². The normalized spacial score (nSPS) is 18.0. The zero-order chi connectivity index (χ0) is 17.8. The Balaban J connectivity index is 1.60. The van der Waals surface area contributed by atoms with Gasteiger partial charge >= 0.3 is 0 Å². The third-order valence-electron chi connectivity index (χ3n) is 5.18. The minimum absolute atomic E-state index is 0.0437. The number of hydrogen-bond donors (Lipinski definition) is 1. The van der Waals surface area contributed by atoms with Gasteiger partial charge in [0.15, 0.2) is 0 Å². The summed E-state index contributed by atoms with van der Waals surface area (Å²) in [7, 11) is 0. The maximum atomic E-state index is 13.9. The van der Waals surface area contributed by atoms with Crippen molar-refractivity contribution in [2.75, 3.05) is 13.1 Å². The van der Waals surface area contributed by atoms with Crippen LogP contribution in [0.4, 0.5) is 4.39 Å². The summed E-state index contributed by atoms with van der Waals surface area (Å²) in [5.74, 6) is -0.720. The minimum atomic E-state index is -0.498. The van der Waals surface area contributed by atoms with Gasteiger partial charge in [0.1, 0.15) is 5.82 Å². The summed E-state index contributed by atoms with van der Waals surface area (Å²) < 4.78 is 13.9. The number of aliphatic hydroxyl groups excluding tert-OH is 1. The van der Waals surface area contributed by atoms with Gasteiger partial charge in [-0.05, 0) is 42.9 Å². The van der Waals surface area contributed by atoms with Crippen molar-refractivity contribution in [2.45, 2.75) is 31.8 Å². The lowest BCUT2D eigenvalue weighted by Crippen LogP contribution is -2.41. The Kier molecular flexibility index (Phi) is 5.49. The number of aliphatic hydroxyl groups is 1. The van der Waals surface area contributed by atoms with Crippen LogP contribution in [0.25, 0.3) is 0 Å². The van der Waals surface area contributed by atoms with Gasteiger partial charge in [0.05, 0.1) is 12.0 Å². The molecule has 1 aliphatic heterocycles. The summed E-state index contributed by atoms with van der Waals surface area (Å²) >= 11 is 0. The number of hydrogen-bond acceptors (Lipinski definition) is 2. The lowest BCUT2D eigenvalue weighted by atomic mass is 9.87. The van der Waals surface area contributed by atoms with E-state index in [0.29, 0.717) is 18.7 Å². The standard InChI is InChI=1S/C21H24FNO2/c1-15(18-9-5-6-10-19(18)22)21(25)23-13-11-17(12-14-23)20(24)16-7-3-2-4-8-16/h2-10,15,17,20,24H,11-14H2,1H3. The molecule has 1 saturated heterocycles. The van der Waals surface area contributed by atoms with Crippen LogP contribution in [0.5, 0.6) is 0 Å². The molecule has 0 aromatic heterocycles. The summed E-state index contributed by atoms with van der Waals surface area (Å²) in [5.41, 5.74) is 1.37. The third kappa shape index (κ3) is 3.90. The molecular formula is C21H24FNO2. The van der Waals surface area contributed by atoms with E-state index in [9.17, 15) is 14.3 Å². The molecule has 2 unspecified atom stereocenters. The molecule has 2 atom stereocenters. The fourth-order valence-corrected chi connectivity index (χ4v) is 3.59. The molecule has 1 fully saturated rings.